The third-order valence-corrected chi connectivity index (χ3v) is 2.48. The molecule has 0 aliphatic carbocycles. The van der Waals surface area contributed by atoms with Gasteiger partial charge in [-0.2, -0.15) is 0 Å². The summed E-state index contributed by atoms with van der Waals surface area (Å²) in [7, 11) is 1.63. The van der Waals surface area contributed by atoms with Gasteiger partial charge >= 0.3 is 5.97 Å². The van der Waals surface area contributed by atoms with Crippen molar-refractivity contribution in [1.82, 2.24) is 0 Å². The number of aliphatic carboxylic acids is 1. The summed E-state index contributed by atoms with van der Waals surface area (Å²) in [5.41, 5.74) is 4.42. The number of ether oxygens (including phenoxy) is 3. The molecule has 108 valence electrons. The molecule has 6 nitrogen and oxygen atoms in total. The first-order chi connectivity index (χ1) is 8.50. The van der Waals surface area contributed by atoms with Crippen molar-refractivity contribution in [2.24, 2.45) is 5.73 Å². The molecule has 0 fully saturated rings. The predicted octanol–water partition coefficient (Wildman–Crippen LogP) is 0.638. The van der Waals surface area contributed by atoms with Gasteiger partial charge in [-0.3, -0.25) is 4.79 Å². The maximum Gasteiger partial charge on any atom is 0.323 e. The minimum Gasteiger partial charge on any atom is -0.480 e. The molecular weight excluding hydrogens is 238 g/mol. The van der Waals surface area contributed by atoms with Crippen LogP contribution in [0.25, 0.3) is 0 Å². The Hall–Kier alpha value is -0.690. The number of nitrogens with two attached hydrogens (primary N) is 1. The fraction of sp³-hybridized carbons (Fsp3) is 0.917. The van der Waals surface area contributed by atoms with Crippen LogP contribution in [0.2, 0.25) is 0 Å². The van der Waals surface area contributed by atoms with E-state index >= 15 is 0 Å². The minimum absolute atomic E-state index is 0.409. The average molecular weight is 263 g/mol. The van der Waals surface area contributed by atoms with Crippen LogP contribution in [-0.2, 0) is 19.0 Å². The molecule has 0 aliphatic rings. The molecular formula is C12H25NO5. The molecule has 0 radical (unpaired) electrons. The number of methoxy groups -OCH3 is 1. The number of hydrogen-bond acceptors (Lipinski definition) is 5. The maximum atomic E-state index is 10.7. The highest BCUT2D eigenvalue weighted by Gasteiger charge is 2.26. The quantitative estimate of drug-likeness (QED) is 0.502. The zero-order valence-corrected chi connectivity index (χ0v) is 11.3. The van der Waals surface area contributed by atoms with Crippen molar-refractivity contribution < 1.29 is 24.1 Å². The van der Waals surface area contributed by atoms with Crippen LogP contribution in [0.4, 0.5) is 0 Å². The van der Waals surface area contributed by atoms with Crippen molar-refractivity contribution in [3.63, 3.8) is 0 Å². The molecule has 0 rings (SSSR count). The summed E-state index contributed by atoms with van der Waals surface area (Å²) in [6, 6.07) is 0. The first kappa shape index (κ1) is 17.3. The van der Waals surface area contributed by atoms with E-state index in [1.807, 2.05) is 0 Å². The lowest BCUT2D eigenvalue weighted by Crippen LogP contribution is -2.44. The molecule has 0 saturated carbocycles. The van der Waals surface area contributed by atoms with Crippen LogP contribution in [0.1, 0.15) is 26.2 Å². The van der Waals surface area contributed by atoms with E-state index < -0.39 is 11.5 Å². The topological polar surface area (TPSA) is 91.0 Å². The van der Waals surface area contributed by atoms with Gasteiger partial charge in [0.25, 0.3) is 0 Å². The molecule has 3 N–H and O–H groups in total. The lowest BCUT2D eigenvalue weighted by Gasteiger charge is -2.18. The second-order valence-corrected chi connectivity index (χ2v) is 4.40. The standard InChI is InChI=1S/C12H25NO5/c1-12(13,11(14)15)5-3-6-17-7-4-8-18-10-9-16-2/h3-10,13H2,1-2H3,(H,14,15). The SMILES string of the molecule is COCCOCCCOCCCC(C)(N)C(=O)O. The lowest BCUT2D eigenvalue weighted by molar-refractivity contribution is -0.143. The Labute approximate surface area is 108 Å². The summed E-state index contributed by atoms with van der Waals surface area (Å²) < 4.78 is 15.5. The normalized spacial score (nSPS) is 14.4. The Balaban J connectivity index is 3.24. The first-order valence-electron chi connectivity index (χ1n) is 6.17. The van der Waals surface area contributed by atoms with Crippen molar-refractivity contribution >= 4 is 5.97 Å². The van der Waals surface area contributed by atoms with Gasteiger partial charge in [-0.1, -0.05) is 0 Å². The predicted molar refractivity (Wildman–Crippen MR) is 67.6 cm³/mol. The molecule has 0 spiro atoms. The van der Waals surface area contributed by atoms with Crippen molar-refractivity contribution in [1.29, 1.82) is 0 Å². The van der Waals surface area contributed by atoms with Crippen LogP contribution in [0.15, 0.2) is 0 Å². The molecule has 18 heavy (non-hydrogen) atoms. The number of carboxylic acids is 1. The van der Waals surface area contributed by atoms with E-state index in [0.717, 1.165) is 6.42 Å². The van der Waals surface area contributed by atoms with Gasteiger partial charge < -0.3 is 25.1 Å². The van der Waals surface area contributed by atoms with Gasteiger partial charge in [-0.05, 0) is 26.2 Å². The molecule has 0 aromatic rings. The third kappa shape index (κ3) is 9.35. The summed E-state index contributed by atoms with van der Waals surface area (Å²) in [5.74, 6) is -0.978. The molecule has 6 heteroatoms. The lowest BCUT2D eigenvalue weighted by atomic mass is 9.98. The third-order valence-electron chi connectivity index (χ3n) is 2.48. The van der Waals surface area contributed by atoms with Gasteiger partial charge in [0.05, 0.1) is 13.2 Å². The van der Waals surface area contributed by atoms with E-state index in [0.29, 0.717) is 45.9 Å². The van der Waals surface area contributed by atoms with E-state index in [-0.39, 0.29) is 0 Å². The first-order valence-corrected chi connectivity index (χ1v) is 6.17. The van der Waals surface area contributed by atoms with Crippen LogP contribution in [0, 0.1) is 0 Å². The Morgan fingerprint density at radius 2 is 1.67 bits per heavy atom. The van der Waals surface area contributed by atoms with Crippen molar-refractivity contribution in [3.05, 3.63) is 0 Å². The average Bonchev–Trinajstić information content (AvgIpc) is 2.31. The van der Waals surface area contributed by atoms with E-state index in [9.17, 15) is 4.79 Å². The van der Waals surface area contributed by atoms with Crippen molar-refractivity contribution in [3.8, 4) is 0 Å². The monoisotopic (exact) mass is 263 g/mol. The van der Waals surface area contributed by atoms with Crippen molar-refractivity contribution in [2.45, 2.75) is 31.7 Å². The number of carbonyl (C=O) groups is 1. The smallest absolute Gasteiger partial charge is 0.323 e. The molecule has 0 saturated heterocycles. The summed E-state index contributed by atoms with van der Waals surface area (Å²) >= 11 is 0. The molecule has 0 heterocycles. The zero-order chi connectivity index (χ0) is 13.9. The summed E-state index contributed by atoms with van der Waals surface area (Å²) in [6.45, 7) is 4.50. The largest absolute Gasteiger partial charge is 0.480 e. The van der Waals surface area contributed by atoms with E-state index in [2.05, 4.69) is 0 Å². The van der Waals surface area contributed by atoms with E-state index in [1.165, 1.54) is 6.92 Å². The van der Waals surface area contributed by atoms with E-state index in [1.54, 1.807) is 7.11 Å². The highest BCUT2D eigenvalue weighted by atomic mass is 16.5. The summed E-state index contributed by atoms with van der Waals surface area (Å²) in [4.78, 5) is 10.7. The fourth-order valence-corrected chi connectivity index (χ4v) is 1.26. The van der Waals surface area contributed by atoms with Crippen LogP contribution >= 0.6 is 0 Å². The Morgan fingerprint density at radius 1 is 1.11 bits per heavy atom. The zero-order valence-electron chi connectivity index (χ0n) is 11.3. The number of hydrogen-bond donors (Lipinski definition) is 2. The minimum atomic E-state index is -1.16. The molecule has 1 unspecified atom stereocenters. The Bertz CT molecular complexity index is 221. The molecule has 0 aliphatic heterocycles. The maximum absolute atomic E-state index is 10.7. The fourth-order valence-electron chi connectivity index (χ4n) is 1.26. The van der Waals surface area contributed by atoms with Gasteiger partial charge in [0.2, 0.25) is 0 Å². The molecule has 0 aromatic heterocycles. The summed E-state index contributed by atoms with van der Waals surface area (Å²) in [5, 5.41) is 8.79. The van der Waals surface area contributed by atoms with Crippen LogP contribution in [-0.4, -0.2) is 56.8 Å². The molecule has 0 bridgehead atoms. The molecule has 0 aromatic carbocycles. The van der Waals surface area contributed by atoms with Crippen molar-refractivity contribution in [2.75, 3.05) is 40.1 Å². The van der Waals surface area contributed by atoms with Crippen LogP contribution in [0.5, 0.6) is 0 Å². The highest BCUT2D eigenvalue weighted by molar-refractivity contribution is 5.77. The second-order valence-electron chi connectivity index (χ2n) is 4.40. The second kappa shape index (κ2) is 10.3. The van der Waals surface area contributed by atoms with Gasteiger partial charge in [0.15, 0.2) is 0 Å². The van der Waals surface area contributed by atoms with Crippen LogP contribution < -0.4 is 5.73 Å². The number of carboxylic acid groups (broad SMARTS) is 1. The Morgan fingerprint density at radius 3 is 2.22 bits per heavy atom. The molecule has 0 amide bonds. The van der Waals surface area contributed by atoms with Crippen LogP contribution in [0.3, 0.4) is 0 Å². The Kier molecular flexibility index (Phi) is 9.86. The highest BCUT2D eigenvalue weighted by Crippen LogP contribution is 2.08. The van der Waals surface area contributed by atoms with Gasteiger partial charge in [-0.15, -0.1) is 0 Å². The number of rotatable bonds is 12. The van der Waals surface area contributed by atoms with Gasteiger partial charge in [-0.25, -0.2) is 0 Å². The summed E-state index contributed by atoms with van der Waals surface area (Å²) in [6.07, 6.45) is 1.87. The van der Waals surface area contributed by atoms with E-state index in [4.69, 9.17) is 25.1 Å². The molecule has 1 atom stereocenters. The van der Waals surface area contributed by atoms with Gasteiger partial charge in [0, 0.05) is 26.9 Å². The van der Waals surface area contributed by atoms with Gasteiger partial charge in [0.1, 0.15) is 5.54 Å².